The molecule has 0 unspecified atom stereocenters. The minimum absolute atomic E-state index is 0.150. The molecule has 0 spiro atoms. The lowest BCUT2D eigenvalue weighted by molar-refractivity contribution is -0.148. The lowest BCUT2D eigenvalue weighted by Crippen LogP contribution is -2.43. The van der Waals surface area contributed by atoms with Gasteiger partial charge in [0.1, 0.15) is 17.5 Å². The van der Waals surface area contributed by atoms with Gasteiger partial charge in [0.25, 0.3) is 0 Å². The van der Waals surface area contributed by atoms with Gasteiger partial charge in [-0.1, -0.05) is 89.0 Å². The van der Waals surface area contributed by atoms with Crippen molar-refractivity contribution in [1.29, 1.82) is 0 Å². The second-order valence-electron chi connectivity index (χ2n) is 9.51. The Hall–Kier alpha value is -3.02. The molecule has 0 aliphatic heterocycles. The van der Waals surface area contributed by atoms with Crippen LogP contribution >= 0.6 is 0 Å². The smallest absolute Gasteiger partial charge is 0.328 e. The molecule has 0 aliphatic carbocycles. The number of phenols is 2. The minimum Gasteiger partial charge on any atom is -0.508 e. The molecule has 0 saturated carbocycles. The Morgan fingerprint density at radius 2 is 1.25 bits per heavy atom. The van der Waals surface area contributed by atoms with Crippen molar-refractivity contribution in [2.24, 2.45) is 0 Å². The number of rotatable bonds is 18. The summed E-state index contributed by atoms with van der Waals surface area (Å²) in [7, 11) is 0. The van der Waals surface area contributed by atoms with Crippen LogP contribution in [0.1, 0.15) is 88.7 Å². The van der Waals surface area contributed by atoms with Gasteiger partial charge >= 0.3 is 5.97 Å². The largest absolute Gasteiger partial charge is 0.508 e. The van der Waals surface area contributed by atoms with E-state index in [4.69, 9.17) is 4.74 Å². The number of aromatic hydroxyl groups is 2. The van der Waals surface area contributed by atoms with Crippen molar-refractivity contribution in [1.82, 2.24) is 5.32 Å². The zero-order valence-corrected chi connectivity index (χ0v) is 21.7. The molecule has 1 amide bonds. The highest BCUT2D eigenvalue weighted by molar-refractivity contribution is 5.84. The Labute approximate surface area is 216 Å². The Balaban J connectivity index is 1.75. The molecule has 2 rings (SSSR count). The maximum atomic E-state index is 12.8. The Morgan fingerprint density at radius 1 is 0.750 bits per heavy atom. The van der Waals surface area contributed by atoms with Gasteiger partial charge in [0.15, 0.2) is 0 Å². The van der Waals surface area contributed by atoms with Gasteiger partial charge in [0.2, 0.25) is 5.91 Å². The molecule has 0 radical (unpaired) electrons. The number of aryl methyl sites for hydroxylation is 1. The maximum Gasteiger partial charge on any atom is 0.328 e. The first-order chi connectivity index (χ1) is 17.5. The van der Waals surface area contributed by atoms with Crippen molar-refractivity contribution < 1.29 is 24.5 Å². The van der Waals surface area contributed by atoms with Crippen LogP contribution in [0.25, 0.3) is 0 Å². The van der Waals surface area contributed by atoms with Gasteiger partial charge in [0.05, 0.1) is 6.61 Å². The van der Waals surface area contributed by atoms with Crippen molar-refractivity contribution in [3.8, 4) is 11.5 Å². The summed E-state index contributed by atoms with van der Waals surface area (Å²) in [5.74, 6) is -0.334. The van der Waals surface area contributed by atoms with E-state index in [-0.39, 0.29) is 23.8 Å². The molecule has 36 heavy (non-hydrogen) atoms. The second kappa shape index (κ2) is 17.4. The van der Waals surface area contributed by atoms with Gasteiger partial charge in [-0.25, -0.2) is 4.79 Å². The van der Waals surface area contributed by atoms with Crippen LogP contribution in [-0.4, -0.2) is 34.7 Å². The summed E-state index contributed by atoms with van der Waals surface area (Å²) in [4.78, 5) is 25.4. The number of ether oxygens (including phenoxy) is 1. The number of benzene rings is 2. The first-order valence-electron chi connectivity index (χ1n) is 13.5. The summed E-state index contributed by atoms with van der Waals surface area (Å²) < 4.78 is 5.52. The predicted octanol–water partition coefficient (Wildman–Crippen LogP) is 6.22. The lowest BCUT2D eigenvalue weighted by atomic mass is 10.0. The third-order valence-electron chi connectivity index (χ3n) is 6.32. The fourth-order valence-corrected chi connectivity index (χ4v) is 4.11. The average Bonchev–Trinajstić information content (AvgIpc) is 2.87. The first kappa shape index (κ1) is 29.2. The summed E-state index contributed by atoms with van der Waals surface area (Å²) >= 11 is 0. The number of unbranched alkanes of at least 4 members (excludes halogenated alkanes) is 9. The van der Waals surface area contributed by atoms with Gasteiger partial charge < -0.3 is 20.3 Å². The highest BCUT2D eigenvalue weighted by atomic mass is 16.5. The number of nitrogens with one attached hydrogen (secondary N) is 1. The van der Waals surface area contributed by atoms with Gasteiger partial charge in [-0.15, -0.1) is 0 Å². The number of amides is 1. The highest BCUT2D eigenvalue weighted by Crippen LogP contribution is 2.14. The van der Waals surface area contributed by atoms with Crippen molar-refractivity contribution in [2.75, 3.05) is 6.61 Å². The fraction of sp³-hybridized carbons (Fsp3) is 0.533. The number of esters is 1. The van der Waals surface area contributed by atoms with E-state index in [2.05, 4.69) is 12.2 Å². The van der Waals surface area contributed by atoms with E-state index in [1.54, 1.807) is 48.5 Å². The molecular formula is C30H43NO5. The summed E-state index contributed by atoms with van der Waals surface area (Å²) in [6, 6.07) is 12.5. The number of carbonyl (C=O) groups is 2. The van der Waals surface area contributed by atoms with Crippen molar-refractivity contribution in [3.63, 3.8) is 0 Å². The van der Waals surface area contributed by atoms with E-state index in [9.17, 15) is 19.8 Å². The Kier molecular flexibility index (Phi) is 14.1. The van der Waals surface area contributed by atoms with Crippen LogP contribution in [0.3, 0.4) is 0 Å². The number of carbonyl (C=O) groups excluding carboxylic acids is 2. The third-order valence-corrected chi connectivity index (χ3v) is 6.32. The molecule has 0 aromatic heterocycles. The predicted molar refractivity (Wildman–Crippen MR) is 143 cm³/mol. The van der Waals surface area contributed by atoms with Crippen LogP contribution in [0.2, 0.25) is 0 Å². The van der Waals surface area contributed by atoms with E-state index in [1.165, 1.54) is 44.9 Å². The van der Waals surface area contributed by atoms with Crippen molar-refractivity contribution in [3.05, 3.63) is 59.7 Å². The summed E-state index contributed by atoms with van der Waals surface area (Å²) in [6.45, 7) is 2.58. The zero-order chi connectivity index (χ0) is 26.0. The summed E-state index contributed by atoms with van der Waals surface area (Å²) in [6.07, 6.45) is 13.1. The van der Waals surface area contributed by atoms with Gasteiger partial charge in [-0.2, -0.15) is 0 Å². The Bertz CT molecular complexity index is 879. The van der Waals surface area contributed by atoms with E-state index in [0.717, 1.165) is 30.4 Å². The molecule has 2 aromatic rings. The second-order valence-corrected chi connectivity index (χ2v) is 9.51. The van der Waals surface area contributed by atoms with E-state index in [0.29, 0.717) is 19.4 Å². The molecule has 0 saturated heterocycles. The fourth-order valence-electron chi connectivity index (χ4n) is 4.11. The van der Waals surface area contributed by atoms with Crippen LogP contribution in [0.4, 0.5) is 0 Å². The van der Waals surface area contributed by atoms with Crippen LogP contribution in [0, 0.1) is 0 Å². The number of phenolic OH excluding ortho intramolecular Hbond substituents is 2. The Morgan fingerprint density at radius 3 is 1.81 bits per heavy atom. The molecule has 1 atom stereocenters. The van der Waals surface area contributed by atoms with Crippen molar-refractivity contribution >= 4 is 11.9 Å². The van der Waals surface area contributed by atoms with Crippen molar-refractivity contribution in [2.45, 2.75) is 96.4 Å². The van der Waals surface area contributed by atoms with Gasteiger partial charge in [0, 0.05) is 12.8 Å². The first-order valence-corrected chi connectivity index (χ1v) is 13.5. The highest BCUT2D eigenvalue weighted by Gasteiger charge is 2.22. The van der Waals surface area contributed by atoms with Gasteiger partial charge in [-0.05, 0) is 48.2 Å². The molecular weight excluding hydrogens is 454 g/mol. The zero-order valence-electron chi connectivity index (χ0n) is 21.7. The molecule has 0 heterocycles. The standard InChI is InChI=1S/C30H43NO5/c1-2-3-4-5-6-7-8-9-10-11-22-36-30(35)28(23-25-14-19-27(33)20-15-25)31-29(34)21-16-24-12-17-26(32)18-13-24/h12-15,17-20,28,32-33H,2-11,16,21-23H2,1H3,(H,31,34)/t28-/m0/s1. The van der Waals surface area contributed by atoms with Crippen LogP contribution in [0.5, 0.6) is 11.5 Å². The van der Waals surface area contributed by atoms with Crippen LogP contribution in [-0.2, 0) is 27.2 Å². The normalized spacial score (nSPS) is 11.7. The topological polar surface area (TPSA) is 95.9 Å². The molecule has 6 heteroatoms. The van der Waals surface area contributed by atoms with E-state index >= 15 is 0 Å². The number of hydrogen-bond donors (Lipinski definition) is 3. The molecule has 0 bridgehead atoms. The summed E-state index contributed by atoms with van der Waals surface area (Å²) in [5.41, 5.74) is 1.76. The van der Waals surface area contributed by atoms with Crippen LogP contribution < -0.4 is 5.32 Å². The van der Waals surface area contributed by atoms with E-state index < -0.39 is 12.0 Å². The lowest BCUT2D eigenvalue weighted by Gasteiger charge is -2.18. The molecule has 2 aromatic carbocycles. The maximum absolute atomic E-state index is 12.8. The molecule has 0 fully saturated rings. The molecule has 0 aliphatic rings. The molecule has 6 nitrogen and oxygen atoms in total. The van der Waals surface area contributed by atoms with Crippen LogP contribution in [0.15, 0.2) is 48.5 Å². The average molecular weight is 498 g/mol. The minimum atomic E-state index is -0.787. The third kappa shape index (κ3) is 12.6. The quantitative estimate of drug-likeness (QED) is 0.168. The van der Waals surface area contributed by atoms with Gasteiger partial charge in [-0.3, -0.25) is 4.79 Å². The summed E-state index contributed by atoms with van der Waals surface area (Å²) in [5, 5.41) is 21.8. The SMILES string of the molecule is CCCCCCCCCCCCOC(=O)[C@H](Cc1ccc(O)cc1)NC(=O)CCc1ccc(O)cc1. The number of hydrogen-bond acceptors (Lipinski definition) is 5. The monoisotopic (exact) mass is 497 g/mol. The molecule has 198 valence electrons. The molecule has 3 N–H and O–H groups in total. The van der Waals surface area contributed by atoms with E-state index in [1.807, 2.05) is 0 Å².